The fourth-order valence-corrected chi connectivity index (χ4v) is 2.24. The number of oxime groups is 1. The number of rotatable bonds is 4. The summed E-state index contributed by atoms with van der Waals surface area (Å²) < 4.78 is 13.5. The molecule has 0 amide bonds. The Morgan fingerprint density at radius 2 is 2.29 bits per heavy atom. The summed E-state index contributed by atoms with van der Waals surface area (Å²) in [5.41, 5.74) is 0.856. The van der Waals surface area contributed by atoms with Crippen LogP contribution in [0.1, 0.15) is 10.4 Å². The largest absolute Gasteiger partial charge is 0.391 e. The SMILES string of the molecule is Fc1ccc(CO/N=C/c2cccs2)c(Br)c1. The molecule has 0 N–H and O–H groups in total. The Balaban J connectivity index is 1.90. The molecule has 0 bridgehead atoms. The third-order valence-corrected chi connectivity index (χ3v) is 3.58. The number of hydrogen-bond donors (Lipinski definition) is 0. The van der Waals surface area contributed by atoms with Gasteiger partial charge in [-0.1, -0.05) is 33.2 Å². The Morgan fingerprint density at radius 3 is 3.00 bits per heavy atom. The second kappa shape index (κ2) is 5.93. The summed E-state index contributed by atoms with van der Waals surface area (Å²) in [4.78, 5) is 6.17. The van der Waals surface area contributed by atoms with Gasteiger partial charge >= 0.3 is 0 Å². The minimum atomic E-state index is -0.275. The molecule has 0 atom stereocenters. The zero-order valence-electron chi connectivity index (χ0n) is 8.77. The Bertz CT molecular complexity index is 513. The lowest BCUT2D eigenvalue weighted by molar-refractivity contribution is 0.131. The molecule has 0 fully saturated rings. The highest BCUT2D eigenvalue weighted by molar-refractivity contribution is 9.10. The molecule has 1 aromatic heterocycles. The highest BCUT2D eigenvalue weighted by atomic mass is 79.9. The van der Waals surface area contributed by atoms with Crippen LogP contribution in [0.15, 0.2) is 45.3 Å². The van der Waals surface area contributed by atoms with Crippen molar-refractivity contribution in [2.75, 3.05) is 0 Å². The first-order chi connectivity index (χ1) is 8.25. The lowest BCUT2D eigenvalue weighted by Gasteiger charge is -2.02. The predicted octanol–water partition coefficient (Wildman–Crippen LogP) is 4.20. The standard InChI is InChI=1S/C12H9BrFNOS/c13-12-6-10(14)4-3-9(12)8-16-15-7-11-2-1-5-17-11/h1-7H,8H2/b15-7+. The molecule has 2 aromatic rings. The van der Waals surface area contributed by atoms with Crippen LogP contribution in [-0.4, -0.2) is 6.21 Å². The second-order valence-electron chi connectivity index (χ2n) is 3.26. The first-order valence-electron chi connectivity index (χ1n) is 4.88. The van der Waals surface area contributed by atoms with Crippen molar-refractivity contribution in [3.63, 3.8) is 0 Å². The van der Waals surface area contributed by atoms with Gasteiger partial charge in [-0.15, -0.1) is 11.3 Å². The van der Waals surface area contributed by atoms with Crippen LogP contribution < -0.4 is 0 Å². The molecule has 1 heterocycles. The third kappa shape index (κ3) is 3.64. The zero-order chi connectivity index (χ0) is 12.1. The highest BCUT2D eigenvalue weighted by Gasteiger charge is 2.01. The van der Waals surface area contributed by atoms with Crippen LogP contribution in [0, 0.1) is 5.82 Å². The maximum absolute atomic E-state index is 12.8. The summed E-state index contributed by atoms with van der Waals surface area (Å²) >= 11 is 4.85. The van der Waals surface area contributed by atoms with Crippen molar-refractivity contribution in [3.8, 4) is 0 Å². The highest BCUT2D eigenvalue weighted by Crippen LogP contribution is 2.18. The monoisotopic (exact) mass is 313 g/mol. The lowest BCUT2D eigenvalue weighted by atomic mass is 10.2. The topological polar surface area (TPSA) is 21.6 Å². The quantitative estimate of drug-likeness (QED) is 0.612. The van der Waals surface area contributed by atoms with Gasteiger partial charge in [-0.25, -0.2) is 4.39 Å². The number of halogens is 2. The van der Waals surface area contributed by atoms with E-state index in [0.29, 0.717) is 11.1 Å². The molecule has 5 heteroatoms. The maximum atomic E-state index is 12.8. The van der Waals surface area contributed by atoms with Crippen molar-refractivity contribution >= 4 is 33.5 Å². The maximum Gasteiger partial charge on any atom is 0.143 e. The molecular formula is C12H9BrFNOS. The summed E-state index contributed by atoms with van der Waals surface area (Å²) in [7, 11) is 0. The average Bonchev–Trinajstić information content (AvgIpc) is 2.79. The van der Waals surface area contributed by atoms with E-state index in [9.17, 15) is 4.39 Å². The van der Waals surface area contributed by atoms with Gasteiger partial charge in [0.1, 0.15) is 12.4 Å². The van der Waals surface area contributed by atoms with Crippen molar-refractivity contribution < 1.29 is 9.23 Å². The summed E-state index contributed by atoms with van der Waals surface area (Å²) in [6, 6.07) is 8.36. The van der Waals surface area contributed by atoms with Crippen LogP contribution in [-0.2, 0) is 11.4 Å². The molecular weight excluding hydrogens is 305 g/mol. The molecule has 0 aliphatic rings. The Kier molecular flexibility index (Phi) is 4.28. The normalized spacial score (nSPS) is 10.9. The van der Waals surface area contributed by atoms with E-state index in [-0.39, 0.29) is 5.82 Å². The second-order valence-corrected chi connectivity index (χ2v) is 5.09. The van der Waals surface area contributed by atoms with Gasteiger partial charge in [0, 0.05) is 14.9 Å². The van der Waals surface area contributed by atoms with Crippen LogP contribution in [0.5, 0.6) is 0 Å². The van der Waals surface area contributed by atoms with E-state index in [1.165, 1.54) is 12.1 Å². The molecule has 0 saturated heterocycles. The fraction of sp³-hybridized carbons (Fsp3) is 0.0833. The van der Waals surface area contributed by atoms with Crippen LogP contribution >= 0.6 is 27.3 Å². The first-order valence-corrected chi connectivity index (χ1v) is 6.56. The van der Waals surface area contributed by atoms with Gasteiger partial charge in [-0.3, -0.25) is 0 Å². The molecule has 0 saturated carbocycles. The van der Waals surface area contributed by atoms with Crippen molar-refractivity contribution in [3.05, 3.63) is 56.4 Å². The van der Waals surface area contributed by atoms with Gasteiger partial charge in [-0.2, -0.15) is 0 Å². The van der Waals surface area contributed by atoms with Crippen molar-refractivity contribution in [1.82, 2.24) is 0 Å². The molecule has 17 heavy (non-hydrogen) atoms. The predicted molar refractivity (Wildman–Crippen MR) is 70.8 cm³/mol. The smallest absolute Gasteiger partial charge is 0.143 e. The van der Waals surface area contributed by atoms with E-state index in [1.54, 1.807) is 23.6 Å². The summed E-state index contributed by atoms with van der Waals surface area (Å²) in [5, 5.41) is 5.81. The van der Waals surface area contributed by atoms with E-state index in [1.807, 2.05) is 17.5 Å². The number of thiophene rings is 1. The third-order valence-electron chi connectivity index (χ3n) is 2.03. The molecule has 0 unspecified atom stereocenters. The molecule has 0 spiro atoms. The van der Waals surface area contributed by atoms with Crippen molar-refractivity contribution in [2.45, 2.75) is 6.61 Å². The first kappa shape index (κ1) is 12.3. The Labute approximate surface area is 111 Å². The van der Waals surface area contributed by atoms with Gasteiger partial charge in [0.25, 0.3) is 0 Å². The van der Waals surface area contributed by atoms with Crippen LogP contribution in [0.2, 0.25) is 0 Å². The fourth-order valence-electron chi connectivity index (χ4n) is 1.20. The molecule has 0 aliphatic heterocycles. The molecule has 0 radical (unpaired) electrons. The Morgan fingerprint density at radius 1 is 1.41 bits per heavy atom. The molecule has 88 valence electrons. The van der Waals surface area contributed by atoms with Crippen LogP contribution in [0.25, 0.3) is 0 Å². The number of benzene rings is 1. The van der Waals surface area contributed by atoms with Gasteiger partial charge in [0.05, 0.1) is 6.21 Å². The number of hydrogen-bond acceptors (Lipinski definition) is 3. The van der Waals surface area contributed by atoms with E-state index < -0.39 is 0 Å². The summed E-state index contributed by atoms with van der Waals surface area (Å²) in [6.45, 7) is 0.308. The van der Waals surface area contributed by atoms with Gasteiger partial charge in [0.2, 0.25) is 0 Å². The lowest BCUT2D eigenvalue weighted by Crippen LogP contribution is -1.90. The van der Waals surface area contributed by atoms with Gasteiger partial charge in [0.15, 0.2) is 0 Å². The molecule has 2 rings (SSSR count). The molecule has 0 aliphatic carbocycles. The van der Waals surface area contributed by atoms with E-state index in [2.05, 4.69) is 21.1 Å². The van der Waals surface area contributed by atoms with Crippen LogP contribution in [0.4, 0.5) is 4.39 Å². The minimum absolute atomic E-state index is 0.275. The van der Waals surface area contributed by atoms with Gasteiger partial charge in [-0.05, 0) is 23.6 Å². The Hall–Kier alpha value is -1.20. The summed E-state index contributed by atoms with van der Waals surface area (Å²) in [5.74, 6) is -0.275. The average molecular weight is 314 g/mol. The van der Waals surface area contributed by atoms with Crippen LogP contribution in [0.3, 0.4) is 0 Å². The van der Waals surface area contributed by atoms with Gasteiger partial charge < -0.3 is 4.84 Å². The zero-order valence-corrected chi connectivity index (χ0v) is 11.2. The molecule has 2 nitrogen and oxygen atoms in total. The van der Waals surface area contributed by atoms with Crippen molar-refractivity contribution in [2.24, 2.45) is 5.16 Å². The summed E-state index contributed by atoms with van der Waals surface area (Å²) in [6.07, 6.45) is 1.65. The van der Waals surface area contributed by atoms with Crippen molar-refractivity contribution in [1.29, 1.82) is 0 Å². The van der Waals surface area contributed by atoms with E-state index in [4.69, 9.17) is 4.84 Å². The van der Waals surface area contributed by atoms with E-state index in [0.717, 1.165) is 10.4 Å². The number of nitrogens with zero attached hydrogens (tertiary/aromatic N) is 1. The van der Waals surface area contributed by atoms with E-state index >= 15 is 0 Å². The minimum Gasteiger partial charge on any atom is -0.391 e. The molecule has 1 aromatic carbocycles.